The standard InChI is InChI=1S/C9H12N/c1-10-8-7-9-5-3-2-4-6-9/h2-6,10H,1,7-8H2. The van der Waals surface area contributed by atoms with Gasteiger partial charge in [-0.3, -0.25) is 0 Å². The van der Waals surface area contributed by atoms with Crippen molar-refractivity contribution < 1.29 is 0 Å². The summed E-state index contributed by atoms with van der Waals surface area (Å²) in [6, 6.07) is 10.4. The Labute approximate surface area is 62.1 Å². The van der Waals surface area contributed by atoms with Crippen molar-refractivity contribution in [1.82, 2.24) is 5.32 Å². The van der Waals surface area contributed by atoms with E-state index in [1.54, 1.807) is 0 Å². The Bertz CT molecular complexity index is 169. The molecule has 0 aliphatic heterocycles. The smallest absolute Gasteiger partial charge is 0.00768 e. The van der Waals surface area contributed by atoms with Gasteiger partial charge in [-0.2, -0.15) is 0 Å². The second kappa shape index (κ2) is 4.07. The van der Waals surface area contributed by atoms with Gasteiger partial charge in [0.05, 0.1) is 0 Å². The molecule has 0 bridgehead atoms. The Morgan fingerprint density at radius 1 is 1.20 bits per heavy atom. The summed E-state index contributed by atoms with van der Waals surface area (Å²) < 4.78 is 0. The molecule has 0 unspecified atom stereocenters. The number of nitrogens with one attached hydrogen (secondary N) is 1. The van der Waals surface area contributed by atoms with Gasteiger partial charge in [0.1, 0.15) is 0 Å². The predicted octanol–water partition coefficient (Wildman–Crippen LogP) is 1.61. The normalized spacial score (nSPS) is 9.70. The molecule has 10 heavy (non-hydrogen) atoms. The van der Waals surface area contributed by atoms with E-state index in [4.69, 9.17) is 0 Å². The van der Waals surface area contributed by atoms with Crippen molar-refractivity contribution in [3.63, 3.8) is 0 Å². The molecule has 1 N–H and O–H groups in total. The van der Waals surface area contributed by atoms with Gasteiger partial charge in [-0.25, -0.2) is 0 Å². The summed E-state index contributed by atoms with van der Waals surface area (Å²) in [6.07, 6.45) is 1.06. The molecule has 1 aromatic rings. The fraction of sp³-hybridized carbons (Fsp3) is 0.222. The van der Waals surface area contributed by atoms with E-state index in [2.05, 4.69) is 36.6 Å². The molecular weight excluding hydrogens is 122 g/mol. The van der Waals surface area contributed by atoms with Gasteiger partial charge in [-0.1, -0.05) is 30.3 Å². The maximum atomic E-state index is 3.55. The molecule has 1 heteroatoms. The van der Waals surface area contributed by atoms with Crippen LogP contribution in [0.1, 0.15) is 5.56 Å². The number of benzene rings is 1. The van der Waals surface area contributed by atoms with Crippen LogP contribution in [0.3, 0.4) is 0 Å². The summed E-state index contributed by atoms with van der Waals surface area (Å²) in [4.78, 5) is 0. The Morgan fingerprint density at radius 2 is 1.90 bits per heavy atom. The van der Waals surface area contributed by atoms with E-state index in [1.807, 2.05) is 6.07 Å². The van der Waals surface area contributed by atoms with Gasteiger partial charge in [0, 0.05) is 7.05 Å². The third-order valence-electron chi connectivity index (χ3n) is 1.43. The molecule has 1 nitrogen and oxygen atoms in total. The minimum Gasteiger partial charge on any atom is -0.315 e. The first-order chi connectivity index (χ1) is 4.93. The van der Waals surface area contributed by atoms with E-state index in [0.717, 1.165) is 13.0 Å². The molecule has 0 amide bonds. The van der Waals surface area contributed by atoms with Gasteiger partial charge >= 0.3 is 0 Å². The second-order valence-corrected chi connectivity index (χ2v) is 2.24. The van der Waals surface area contributed by atoms with Gasteiger partial charge in [0.15, 0.2) is 0 Å². The third kappa shape index (κ3) is 2.19. The van der Waals surface area contributed by atoms with Crippen LogP contribution in [0.2, 0.25) is 0 Å². The van der Waals surface area contributed by atoms with Crippen molar-refractivity contribution >= 4 is 0 Å². The van der Waals surface area contributed by atoms with Crippen LogP contribution in [-0.2, 0) is 6.42 Å². The summed E-state index contributed by atoms with van der Waals surface area (Å²) in [6.45, 7) is 0.948. The number of hydrogen-bond acceptors (Lipinski definition) is 1. The zero-order chi connectivity index (χ0) is 7.23. The number of rotatable bonds is 3. The molecule has 1 rings (SSSR count). The molecule has 0 saturated carbocycles. The van der Waals surface area contributed by atoms with Gasteiger partial charge in [0.2, 0.25) is 0 Å². The van der Waals surface area contributed by atoms with Crippen LogP contribution >= 0.6 is 0 Å². The first-order valence-electron chi connectivity index (χ1n) is 3.47. The summed E-state index contributed by atoms with van der Waals surface area (Å²) in [5.41, 5.74) is 1.36. The average molecular weight is 134 g/mol. The molecule has 0 aliphatic rings. The van der Waals surface area contributed by atoms with E-state index >= 15 is 0 Å². The van der Waals surface area contributed by atoms with Crippen LogP contribution in [0.25, 0.3) is 0 Å². The zero-order valence-corrected chi connectivity index (χ0v) is 6.01. The third-order valence-corrected chi connectivity index (χ3v) is 1.43. The molecule has 0 saturated heterocycles. The fourth-order valence-corrected chi connectivity index (χ4v) is 0.877. The molecule has 1 aromatic carbocycles. The quantitative estimate of drug-likeness (QED) is 0.662. The van der Waals surface area contributed by atoms with Gasteiger partial charge in [-0.15, -0.1) is 0 Å². The monoisotopic (exact) mass is 134 g/mol. The summed E-state index contributed by atoms with van der Waals surface area (Å²) >= 11 is 0. The largest absolute Gasteiger partial charge is 0.315 e. The highest BCUT2D eigenvalue weighted by Crippen LogP contribution is 1.97. The van der Waals surface area contributed by atoms with Crippen molar-refractivity contribution in [3.8, 4) is 0 Å². The summed E-state index contributed by atoms with van der Waals surface area (Å²) in [5.74, 6) is 0. The SMILES string of the molecule is [CH2]NCCc1ccccc1. The first kappa shape index (κ1) is 7.29. The molecular formula is C9H12N. The first-order valence-corrected chi connectivity index (χ1v) is 3.47. The molecule has 0 aliphatic carbocycles. The Balaban J connectivity index is 2.43. The van der Waals surface area contributed by atoms with Crippen LogP contribution in [0.4, 0.5) is 0 Å². The highest BCUT2D eigenvalue weighted by molar-refractivity contribution is 5.14. The van der Waals surface area contributed by atoms with Crippen LogP contribution in [0.15, 0.2) is 30.3 Å². The molecule has 0 heterocycles. The van der Waals surface area contributed by atoms with Crippen LogP contribution in [0.5, 0.6) is 0 Å². The van der Waals surface area contributed by atoms with Gasteiger partial charge in [0.25, 0.3) is 0 Å². The minimum atomic E-state index is 0.948. The van der Waals surface area contributed by atoms with E-state index in [9.17, 15) is 0 Å². The maximum absolute atomic E-state index is 3.55. The Morgan fingerprint density at radius 3 is 2.50 bits per heavy atom. The lowest BCUT2D eigenvalue weighted by atomic mass is 10.2. The van der Waals surface area contributed by atoms with E-state index in [1.165, 1.54) is 5.56 Å². The van der Waals surface area contributed by atoms with Crippen LogP contribution < -0.4 is 5.32 Å². The minimum absolute atomic E-state index is 0.948. The highest BCUT2D eigenvalue weighted by atomic mass is 14.8. The lowest BCUT2D eigenvalue weighted by Gasteiger charge is -1.97. The van der Waals surface area contributed by atoms with Gasteiger partial charge < -0.3 is 5.32 Å². The zero-order valence-electron chi connectivity index (χ0n) is 6.01. The number of hydrogen-bond donors (Lipinski definition) is 1. The molecule has 0 spiro atoms. The molecule has 0 atom stereocenters. The highest BCUT2D eigenvalue weighted by Gasteiger charge is 1.86. The Kier molecular flexibility index (Phi) is 2.97. The average Bonchev–Trinajstić information content (AvgIpc) is 2.03. The van der Waals surface area contributed by atoms with E-state index < -0.39 is 0 Å². The van der Waals surface area contributed by atoms with Gasteiger partial charge in [-0.05, 0) is 18.5 Å². The molecule has 0 fully saturated rings. The van der Waals surface area contributed by atoms with E-state index in [-0.39, 0.29) is 0 Å². The van der Waals surface area contributed by atoms with Crippen molar-refractivity contribution in [3.05, 3.63) is 42.9 Å². The maximum Gasteiger partial charge on any atom is 0.00768 e. The van der Waals surface area contributed by atoms with Crippen molar-refractivity contribution in [1.29, 1.82) is 0 Å². The van der Waals surface area contributed by atoms with Crippen molar-refractivity contribution in [2.24, 2.45) is 0 Å². The van der Waals surface area contributed by atoms with Crippen LogP contribution in [-0.4, -0.2) is 6.54 Å². The van der Waals surface area contributed by atoms with Crippen LogP contribution in [0, 0.1) is 7.05 Å². The summed E-state index contributed by atoms with van der Waals surface area (Å²) in [7, 11) is 3.55. The second-order valence-electron chi connectivity index (χ2n) is 2.24. The predicted molar refractivity (Wildman–Crippen MR) is 43.5 cm³/mol. The lowest BCUT2D eigenvalue weighted by Crippen LogP contribution is -2.07. The van der Waals surface area contributed by atoms with E-state index in [0.29, 0.717) is 0 Å². The fourth-order valence-electron chi connectivity index (χ4n) is 0.877. The Hall–Kier alpha value is -0.820. The molecule has 0 aromatic heterocycles. The van der Waals surface area contributed by atoms with Crippen molar-refractivity contribution in [2.45, 2.75) is 6.42 Å². The molecule has 1 radical (unpaired) electrons. The molecule has 53 valence electrons. The van der Waals surface area contributed by atoms with Crippen molar-refractivity contribution in [2.75, 3.05) is 6.54 Å². The topological polar surface area (TPSA) is 12.0 Å². The summed E-state index contributed by atoms with van der Waals surface area (Å²) in [5, 5.41) is 2.87. The lowest BCUT2D eigenvalue weighted by molar-refractivity contribution is 0.829.